The third kappa shape index (κ3) is 3.34. The first-order valence-corrected chi connectivity index (χ1v) is 8.46. The van der Waals surface area contributed by atoms with Gasteiger partial charge >= 0.3 is 0 Å². The van der Waals surface area contributed by atoms with Gasteiger partial charge in [0.25, 0.3) is 0 Å². The highest BCUT2D eigenvalue weighted by atomic mass is 79.9. The van der Waals surface area contributed by atoms with Crippen LogP contribution < -0.4 is 9.47 Å². The zero-order valence-electron chi connectivity index (χ0n) is 13.4. The van der Waals surface area contributed by atoms with E-state index in [2.05, 4.69) is 25.9 Å². The van der Waals surface area contributed by atoms with Crippen molar-refractivity contribution in [2.24, 2.45) is 0 Å². The van der Waals surface area contributed by atoms with E-state index in [-0.39, 0.29) is 6.10 Å². The lowest BCUT2D eigenvalue weighted by molar-refractivity contribution is 0.222. The van der Waals surface area contributed by atoms with Crippen molar-refractivity contribution < 1.29 is 9.47 Å². The molecule has 4 nitrogen and oxygen atoms in total. The topological polar surface area (TPSA) is 47.1 Å². The van der Waals surface area contributed by atoms with Gasteiger partial charge in [-0.2, -0.15) is 0 Å². The maximum Gasteiger partial charge on any atom is 0.175 e. The molecule has 0 bridgehead atoms. The lowest BCUT2D eigenvalue weighted by Gasteiger charge is -2.17. The number of halogens is 1. The number of hydrogen-bond acceptors (Lipinski definition) is 3. The van der Waals surface area contributed by atoms with E-state index in [9.17, 15) is 0 Å². The maximum atomic E-state index is 5.88. The van der Waals surface area contributed by atoms with Gasteiger partial charge in [-0.25, -0.2) is 4.98 Å². The van der Waals surface area contributed by atoms with Gasteiger partial charge in [0.05, 0.1) is 28.2 Å². The van der Waals surface area contributed by atoms with Crippen LogP contribution in [0.15, 0.2) is 40.9 Å². The largest absolute Gasteiger partial charge is 0.490 e. The summed E-state index contributed by atoms with van der Waals surface area (Å²) in [6.45, 7) is 6.52. The van der Waals surface area contributed by atoms with Gasteiger partial charge in [0.15, 0.2) is 11.5 Å². The number of fused-ring (bicyclic) bond motifs is 1. The van der Waals surface area contributed by atoms with Gasteiger partial charge in [0.1, 0.15) is 5.82 Å². The van der Waals surface area contributed by atoms with E-state index in [4.69, 9.17) is 9.47 Å². The zero-order chi connectivity index (χ0) is 16.4. The minimum atomic E-state index is 0.0718. The van der Waals surface area contributed by atoms with E-state index < -0.39 is 0 Å². The van der Waals surface area contributed by atoms with Gasteiger partial charge in [-0.3, -0.25) is 0 Å². The van der Waals surface area contributed by atoms with Crippen molar-refractivity contribution in [2.75, 3.05) is 6.61 Å². The molecule has 3 rings (SSSR count). The van der Waals surface area contributed by atoms with Crippen molar-refractivity contribution in [1.29, 1.82) is 0 Å². The van der Waals surface area contributed by atoms with Crippen molar-refractivity contribution >= 4 is 27.0 Å². The van der Waals surface area contributed by atoms with Crippen molar-refractivity contribution in [1.82, 2.24) is 9.97 Å². The van der Waals surface area contributed by atoms with E-state index >= 15 is 0 Å². The minimum Gasteiger partial charge on any atom is -0.490 e. The summed E-state index contributed by atoms with van der Waals surface area (Å²) in [5.41, 5.74) is 2.91. The van der Waals surface area contributed by atoms with Crippen molar-refractivity contribution in [3.05, 3.63) is 40.9 Å². The molecule has 0 fully saturated rings. The third-order valence-electron chi connectivity index (χ3n) is 3.33. The van der Waals surface area contributed by atoms with Gasteiger partial charge in [0.2, 0.25) is 0 Å². The second-order valence-electron chi connectivity index (χ2n) is 5.49. The summed E-state index contributed by atoms with van der Waals surface area (Å²) < 4.78 is 12.5. The zero-order valence-corrected chi connectivity index (χ0v) is 15.0. The molecule has 2 aromatic carbocycles. The maximum absolute atomic E-state index is 5.88. The van der Waals surface area contributed by atoms with E-state index in [1.165, 1.54) is 0 Å². The monoisotopic (exact) mass is 374 g/mol. The third-order valence-corrected chi connectivity index (χ3v) is 3.91. The van der Waals surface area contributed by atoms with E-state index in [0.717, 1.165) is 32.6 Å². The van der Waals surface area contributed by atoms with Crippen LogP contribution >= 0.6 is 15.9 Å². The van der Waals surface area contributed by atoms with Crippen LogP contribution in [0.1, 0.15) is 20.8 Å². The van der Waals surface area contributed by atoms with E-state index in [0.29, 0.717) is 12.4 Å². The second-order valence-corrected chi connectivity index (χ2v) is 6.34. The average Bonchev–Trinajstić information content (AvgIpc) is 2.94. The molecule has 0 spiro atoms. The quantitative estimate of drug-likeness (QED) is 0.669. The molecule has 0 aliphatic carbocycles. The van der Waals surface area contributed by atoms with E-state index in [1.54, 1.807) is 0 Å². The number of rotatable bonds is 5. The van der Waals surface area contributed by atoms with Gasteiger partial charge in [-0.05, 0) is 61.0 Å². The molecule has 23 heavy (non-hydrogen) atoms. The Balaban J connectivity index is 2.08. The normalized spacial score (nSPS) is 11.2. The number of imidazole rings is 1. The van der Waals surface area contributed by atoms with Crippen LogP contribution in [-0.2, 0) is 0 Å². The first-order chi connectivity index (χ1) is 11.1. The number of nitrogens with one attached hydrogen (secondary N) is 1. The molecule has 0 saturated carbocycles. The Hall–Kier alpha value is -2.01. The van der Waals surface area contributed by atoms with Crippen LogP contribution in [0, 0.1) is 0 Å². The van der Waals surface area contributed by atoms with Gasteiger partial charge < -0.3 is 14.5 Å². The number of benzene rings is 2. The Kier molecular flexibility index (Phi) is 4.57. The van der Waals surface area contributed by atoms with Crippen LogP contribution in [-0.4, -0.2) is 22.7 Å². The number of aromatic amines is 1. The fraction of sp³-hybridized carbons (Fsp3) is 0.278. The van der Waals surface area contributed by atoms with Gasteiger partial charge in [-0.1, -0.05) is 12.1 Å². The molecule has 5 heteroatoms. The predicted octanol–water partition coefficient (Wildman–Crippen LogP) is 5.18. The summed E-state index contributed by atoms with van der Waals surface area (Å²) in [5, 5.41) is 0. The van der Waals surface area contributed by atoms with Crippen molar-refractivity contribution in [3.63, 3.8) is 0 Å². The highest BCUT2D eigenvalue weighted by Gasteiger charge is 2.16. The van der Waals surface area contributed by atoms with Crippen LogP contribution in [0.3, 0.4) is 0 Å². The minimum absolute atomic E-state index is 0.0718. The Labute approximate surface area is 144 Å². The van der Waals surface area contributed by atoms with Crippen LogP contribution in [0.25, 0.3) is 22.4 Å². The molecule has 0 aliphatic heterocycles. The molecular weight excluding hydrogens is 356 g/mol. The molecule has 3 aromatic rings. The summed E-state index contributed by atoms with van der Waals surface area (Å²) in [4.78, 5) is 7.98. The number of nitrogens with zero attached hydrogens (tertiary/aromatic N) is 1. The Morgan fingerprint density at radius 2 is 2.00 bits per heavy atom. The fourth-order valence-electron chi connectivity index (χ4n) is 2.41. The number of H-pyrrole nitrogens is 1. The molecule has 1 aromatic heterocycles. The van der Waals surface area contributed by atoms with Crippen LogP contribution in [0.5, 0.6) is 11.5 Å². The average molecular weight is 375 g/mol. The molecule has 0 saturated heterocycles. The lowest BCUT2D eigenvalue weighted by Crippen LogP contribution is -2.08. The smallest absolute Gasteiger partial charge is 0.175 e. The van der Waals surface area contributed by atoms with Gasteiger partial charge in [-0.15, -0.1) is 0 Å². The summed E-state index contributed by atoms with van der Waals surface area (Å²) in [6.07, 6.45) is 0.0718. The number of para-hydroxylation sites is 2. The molecule has 1 N–H and O–H groups in total. The molecule has 0 amide bonds. The molecule has 0 atom stereocenters. The molecular formula is C18H19BrN2O2. The summed E-state index contributed by atoms with van der Waals surface area (Å²) in [7, 11) is 0. The number of hydrogen-bond donors (Lipinski definition) is 1. The Bertz CT molecular complexity index is 794. The molecule has 0 unspecified atom stereocenters. The molecule has 120 valence electrons. The summed E-state index contributed by atoms with van der Waals surface area (Å²) in [5.74, 6) is 2.25. The molecule has 0 radical (unpaired) electrons. The standard InChI is InChI=1S/C18H19BrN2O2/c1-4-22-16-10-12(9-13(19)17(16)23-11(2)3)18-20-14-7-5-6-8-15(14)21-18/h5-11H,4H2,1-3H3,(H,20,21). The number of aromatic nitrogens is 2. The Morgan fingerprint density at radius 3 is 2.70 bits per heavy atom. The molecule has 0 aliphatic rings. The lowest BCUT2D eigenvalue weighted by atomic mass is 10.2. The van der Waals surface area contributed by atoms with Crippen LogP contribution in [0.2, 0.25) is 0 Å². The predicted molar refractivity (Wildman–Crippen MR) is 96.2 cm³/mol. The van der Waals surface area contributed by atoms with Crippen molar-refractivity contribution in [2.45, 2.75) is 26.9 Å². The summed E-state index contributed by atoms with van der Waals surface area (Å²) in [6, 6.07) is 11.9. The van der Waals surface area contributed by atoms with Crippen LogP contribution in [0.4, 0.5) is 0 Å². The highest BCUT2D eigenvalue weighted by molar-refractivity contribution is 9.10. The first-order valence-electron chi connectivity index (χ1n) is 7.66. The first kappa shape index (κ1) is 15.9. The molecule has 1 heterocycles. The highest BCUT2D eigenvalue weighted by Crippen LogP contribution is 2.40. The number of ether oxygens (including phenoxy) is 2. The van der Waals surface area contributed by atoms with Crippen molar-refractivity contribution in [3.8, 4) is 22.9 Å². The SMILES string of the molecule is CCOc1cc(-c2nc3ccccc3[nH]2)cc(Br)c1OC(C)C. The fourth-order valence-corrected chi connectivity index (χ4v) is 2.94. The second kappa shape index (κ2) is 6.62. The van der Waals surface area contributed by atoms with E-state index in [1.807, 2.05) is 57.2 Å². The Morgan fingerprint density at radius 1 is 1.22 bits per heavy atom. The van der Waals surface area contributed by atoms with Gasteiger partial charge in [0, 0.05) is 5.56 Å². The summed E-state index contributed by atoms with van der Waals surface area (Å²) >= 11 is 3.59.